The van der Waals surface area contributed by atoms with E-state index in [-0.39, 0.29) is 11.5 Å². The van der Waals surface area contributed by atoms with Crippen molar-refractivity contribution in [3.8, 4) is 17.2 Å². The minimum atomic E-state index is -0.806. The molecule has 2 atom stereocenters. The number of ether oxygens (including phenoxy) is 2. The largest absolute Gasteiger partial charge is 0.491 e. The van der Waals surface area contributed by atoms with Crippen LogP contribution in [0.25, 0.3) is 16.7 Å². The maximum atomic E-state index is 14.0. The molecule has 0 amide bonds. The summed E-state index contributed by atoms with van der Waals surface area (Å²) in [5.41, 5.74) is 3.11. The van der Waals surface area contributed by atoms with Gasteiger partial charge in [0.15, 0.2) is 11.2 Å². The first-order valence-electron chi connectivity index (χ1n) is 10.1. The summed E-state index contributed by atoms with van der Waals surface area (Å²) >= 11 is 0. The highest BCUT2D eigenvalue weighted by atomic mass is 16.5. The van der Waals surface area contributed by atoms with Gasteiger partial charge in [0.1, 0.15) is 17.1 Å². The van der Waals surface area contributed by atoms with Crippen molar-refractivity contribution in [1.29, 1.82) is 0 Å². The number of aryl methyl sites for hydroxylation is 1. The topological polar surface area (TPSA) is 53.4 Å². The molecular formula is C25H20N2O3. The number of hydrogen-bond donors (Lipinski definition) is 0. The van der Waals surface area contributed by atoms with Crippen LogP contribution >= 0.6 is 0 Å². The van der Waals surface area contributed by atoms with Crippen LogP contribution in [0.3, 0.4) is 0 Å². The van der Waals surface area contributed by atoms with E-state index >= 15 is 0 Å². The number of hydrogen-bond acceptors (Lipinski definition) is 4. The van der Waals surface area contributed by atoms with E-state index in [1.165, 1.54) is 0 Å². The van der Waals surface area contributed by atoms with Gasteiger partial charge in [-0.05, 0) is 43.7 Å². The highest BCUT2D eigenvalue weighted by molar-refractivity contribution is 5.86. The second kappa shape index (κ2) is 5.95. The van der Waals surface area contributed by atoms with E-state index in [1.54, 1.807) is 10.8 Å². The van der Waals surface area contributed by atoms with Gasteiger partial charge >= 0.3 is 0 Å². The molecule has 0 fully saturated rings. The molecule has 0 aliphatic carbocycles. The van der Waals surface area contributed by atoms with Crippen LogP contribution in [0, 0.1) is 6.92 Å². The Kier molecular flexibility index (Phi) is 3.43. The fraction of sp³-hybridized carbons (Fsp3) is 0.200. The molecule has 0 N–H and O–H groups in total. The molecule has 6 rings (SSSR count). The molecule has 5 nitrogen and oxygen atoms in total. The van der Waals surface area contributed by atoms with Crippen molar-refractivity contribution in [1.82, 2.24) is 9.55 Å². The highest BCUT2D eigenvalue weighted by Crippen LogP contribution is 2.55. The molecule has 0 unspecified atom stereocenters. The standard InChI is InChI=1S/C25H20N2O3/c1-15-8-6-11-17-19-14-29-22-18-12-7-13-26-23(18)27(16-9-4-3-5-10-16)24(28)20(22)25(19,2)30-21(15)17/h3-13,19H,14H2,1-2H3/t19-,25+/m1/s1. The van der Waals surface area contributed by atoms with Crippen LogP contribution < -0.4 is 15.0 Å². The van der Waals surface area contributed by atoms with Gasteiger partial charge in [-0.3, -0.25) is 9.36 Å². The summed E-state index contributed by atoms with van der Waals surface area (Å²) in [5.74, 6) is 1.39. The molecule has 2 aromatic carbocycles. The lowest BCUT2D eigenvalue weighted by atomic mass is 9.79. The first-order chi connectivity index (χ1) is 14.6. The lowest BCUT2D eigenvalue weighted by Crippen LogP contribution is -2.45. The minimum absolute atomic E-state index is 0.0501. The van der Waals surface area contributed by atoms with Gasteiger partial charge in [0.05, 0.1) is 23.6 Å². The first kappa shape index (κ1) is 17.3. The summed E-state index contributed by atoms with van der Waals surface area (Å²) in [6, 6.07) is 19.6. The number of aromatic nitrogens is 2. The predicted octanol–water partition coefficient (Wildman–Crippen LogP) is 4.48. The van der Waals surface area contributed by atoms with Gasteiger partial charge in [-0.25, -0.2) is 4.98 Å². The molecule has 0 saturated heterocycles. The number of pyridine rings is 2. The highest BCUT2D eigenvalue weighted by Gasteiger charge is 2.53. The maximum Gasteiger partial charge on any atom is 0.267 e. The fourth-order valence-corrected chi connectivity index (χ4v) is 4.91. The smallest absolute Gasteiger partial charge is 0.267 e. The average molecular weight is 396 g/mol. The summed E-state index contributed by atoms with van der Waals surface area (Å²) in [4.78, 5) is 18.5. The van der Waals surface area contributed by atoms with E-state index in [0.717, 1.165) is 28.0 Å². The van der Waals surface area contributed by atoms with Gasteiger partial charge in [0, 0.05) is 11.8 Å². The van der Waals surface area contributed by atoms with Crippen LogP contribution in [-0.2, 0) is 5.60 Å². The zero-order valence-corrected chi connectivity index (χ0v) is 16.8. The minimum Gasteiger partial charge on any atom is -0.491 e. The molecular weight excluding hydrogens is 376 g/mol. The van der Waals surface area contributed by atoms with Crippen molar-refractivity contribution in [2.75, 3.05) is 6.61 Å². The molecule has 2 aromatic heterocycles. The molecule has 0 saturated carbocycles. The Morgan fingerprint density at radius 1 is 1.03 bits per heavy atom. The van der Waals surface area contributed by atoms with Gasteiger partial charge < -0.3 is 9.47 Å². The van der Waals surface area contributed by atoms with Gasteiger partial charge in [-0.1, -0.05) is 36.4 Å². The Bertz CT molecular complexity index is 1380. The van der Waals surface area contributed by atoms with E-state index in [1.807, 2.05) is 68.4 Å². The Balaban J connectivity index is 1.71. The SMILES string of the molecule is Cc1cccc2c1O[C@]1(C)c3c(c4cccnc4n(-c4ccccc4)c3=O)OC[C@H]21. The molecule has 4 heterocycles. The zero-order valence-electron chi connectivity index (χ0n) is 16.8. The molecule has 4 aromatic rings. The number of para-hydroxylation sites is 2. The summed E-state index contributed by atoms with van der Waals surface area (Å²) in [7, 11) is 0. The van der Waals surface area contributed by atoms with Crippen molar-refractivity contribution in [2.24, 2.45) is 0 Å². The van der Waals surface area contributed by atoms with E-state index in [4.69, 9.17) is 9.47 Å². The Hall–Kier alpha value is -3.60. The summed E-state index contributed by atoms with van der Waals surface area (Å²) in [6.07, 6.45) is 1.70. The van der Waals surface area contributed by atoms with E-state index in [0.29, 0.717) is 23.6 Å². The van der Waals surface area contributed by atoms with Crippen LogP contribution in [0.2, 0.25) is 0 Å². The quantitative estimate of drug-likeness (QED) is 0.476. The van der Waals surface area contributed by atoms with E-state index in [9.17, 15) is 4.79 Å². The van der Waals surface area contributed by atoms with Gasteiger partial charge in [0.2, 0.25) is 0 Å². The normalized spacial score (nSPS) is 21.3. The molecule has 0 spiro atoms. The third-order valence-electron chi connectivity index (χ3n) is 6.39. The third-order valence-corrected chi connectivity index (χ3v) is 6.39. The van der Waals surface area contributed by atoms with Crippen molar-refractivity contribution in [2.45, 2.75) is 25.4 Å². The lowest BCUT2D eigenvalue weighted by Gasteiger charge is -2.37. The molecule has 2 aliphatic heterocycles. The second-order valence-electron chi connectivity index (χ2n) is 8.12. The Morgan fingerprint density at radius 2 is 1.87 bits per heavy atom. The molecule has 148 valence electrons. The van der Waals surface area contributed by atoms with E-state index < -0.39 is 5.60 Å². The van der Waals surface area contributed by atoms with Crippen LogP contribution in [0.5, 0.6) is 11.5 Å². The Morgan fingerprint density at radius 3 is 2.70 bits per heavy atom. The van der Waals surface area contributed by atoms with Crippen LogP contribution in [0.15, 0.2) is 71.7 Å². The summed E-state index contributed by atoms with van der Waals surface area (Å²) in [6.45, 7) is 4.50. The van der Waals surface area contributed by atoms with Crippen molar-refractivity contribution in [3.63, 3.8) is 0 Å². The van der Waals surface area contributed by atoms with E-state index in [2.05, 4.69) is 11.1 Å². The Labute approximate surface area is 173 Å². The van der Waals surface area contributed by atoms with Crippen molar-refractivity contribution < 1.29 is 9.47 Å². The average Bonchev–Trinajstić information content (AvgIpc) is 3.08. The molecule has 2 aliphatic rings. The van der Waals surface area contributed by atoms with Crippen LogP contribution in [0.1, 0.15) is 29.5 Å². The molecule has 0 bridgehead atoms. The van der Waals surface area contributed by atoms with Crippen molar-refractivity contribution in [3.05, 3.63) is 93.9 Å². The molecule has 5 heteroatoms. The predicted molar refractivity (Wildman–Crippen MR) is 115 cm³/mol. The molecule has 0 radical (unpaired) electrons. The number of benzene rings is 2. The number of rotatable bonds is 1. The zero-order chi connectivity index (χ0) is 20.5. The maximum absolute atomic E-state index is 14.0. The fourth-order valence-electron chi connectivity index (χ4n) is 4.91. The summed E-state index contributed by atoms with van der Waals surface area (Å²) < 4.78 is 14.5. The van der Waals surface area contributed by atoms with Crippen LogP contribution in [0.4, 0.5) is 0 Å². The van der Waals surface area contributed by atoms with Crippen LogP contribution in [-0.4, -0.2) is 16.2 Å². The van der Waals surface area contributed by atoms with Gasteiger partial charge in [-0.15, -0.1) is 0 Å². The second-order valence-corrected chi connectivity index (χ2v) is 8.12. The van der Waals surface area contributed by atoms with Gasteiger partial charge in [0.25, 0.3) is 5.56 Å². The first-order valence-corrected chi connectivity index (χ1v) is 10.1. The van der Waals surface area contributed by atoms with Gasteiger partial charge in [-0.2, -0.15) is 0 Å². The number of fused-ring (bicyclic) bond motifs is 7. The molecule has 30 heavy (non-hydrogen) atoms. The lowest BCUT2D eigenvalue weighted by molar-refractivity contribution is 0.0420. The third kappa shape index (κ3) is 2.12. The number of nitrogens with zero attached hydrogens (tertiary/aromatic N) is 2. The van der Waals surface area contributed by atoms with Crippen molar-refractivity contribution >= 4 is 11.0 Å². The monoisotopic (exact) mass is 396 g/mol. The summed E-state index contributed by atoms with van der Waals surface area (Å²) in [5, 5.41) is 0.812.